The second kappa shape index (κ2) is 7.40. The smallest absolute Gasteiger partial charge is 0.251 e. The molecule has 29 heavy (non-hydrogen) atoms. The topological polar surface area (TPSA) is 54.9 Å². The van der Waals surface area contributed by atoms with Gasteiger partial charge in [-0.2, -0.15) is 11.8 Å². The van der Waals surface area contributed by atoms with Crippen LogP contribution in [-0.2, 0) is 5.75 Å². The van der Waals surface area contributed by atoms with Crippen LogP contribution in [0.3, 0.4) is 0 Å². The molecule has 0 bridgehead atoms. The summed E-state index contributed by atoms with van der Waals surface area (Å²) < 4.78 is 1.29. The van der Waals surface area contributed by atoms with Crippen LogP contribution < -0.4 is 5.32 Å². The molecule has 4 nitrogen and oxygen atoms in total. The number of thioether (sulfide) groups is 1. The van der Waals surface area contributed by atoms with Crippen LogP contribution in [0.5, 0.6) is 0 Å². The molecule has 5 rings (SSSR count). The number of hydrogen-bond donors (Lipinski definition) is 1. The first kappa shape index (κ1) is 19.1. The van der Waals surface area contributed by atoms with Crippen LogP contribution in [0.15, 0.2) is 36.5 Å². The van der Waals surface area contributed by atoms with Crippen molar-refractivity contribution in [3.05, 3.63) is 58.4 Å². The van der Waals surface area contributed by atoms with Gasteiger partial charge in [0, 0.05) is 29.5 Å². The number of aryl methyl sites for hydroxylation is 1. The fourth-order valence-corrected chi connectivity index (χ4v) is 6.43. The standard InChI is InChI=1S/C23H25N3OS2/c1-14-3-4-20-19(7-14)26-22(29-20)16-9-23(10-16)11-18(12-23)25-21(27)15-5-6-24-17(8-15)13-28-2/h3-8,16,18H,9-13H2,1-2H3,(H,25,27). The van der Waals surface area contributed by atoms with Gasteiger partial charge in [-0.1, -0.05) is 6.07 Å². The van der Waals surface area contributed by atoms with Crippen LogP contribution >= 0.6 is 23.1 Å². The first-order valence-electron chi connectivity index (χ1n) is 10.2. The maximum Gasteiger partial charge on any atom is 0.251 e. The number of nitrogens with one attached hydrogen (secondary N) is 1. The van der Waals surface area contributed by atoms with E-state index in [9.17, 15) is 4.79 Å². The van der Waals surface area contributed by atoms with Gasteiger partial charge < -0.3 is 5.32 Å². The van der Waals surface area contributed by atoms with Gasteiger partial charge in [0.1, 0.15) is 0 Å². The zero-order valence-corrected chi connectivity index (χ0v) is 18.4. The minimum Gasteiger partial charge on any atom is -0.349 e. The molecule has 2 aliphatic carbocycles. The second-order valence-electron chi connectivity index (χ2n) is 8.68. The number of hydrogen-bond acceptors (Lipinski definition) is 5. The Morgan fingerprint density at radius 2 is 2.07 bits per heavy atom. The average molecular weight is 424 g/mol. The lowest BCUT2D eigenvalue weighted by molar-refractivity contribution is -0.0187. The summed E-state index contributed by atoms with van der Waals surface area (Å²) in [6.45, 7) is 2.12. The summed E-state index contributed by atoms with van der Waals surface area (Å²) in [5.41, 5.74) is 4.53. The minimum absolute atomic E-state index is 0.0343. The zero-order chi connectivity index (χ0) is 20.0. The Balaban J connectivity index is 1.15. The van der Waals surface area contributed by atoms with E-state index in [1.165, 1.54) is 28.1 Å². The van der Waals surface area contributed by atoms with Crippen molar-refractivity contribution in [3.63, 3.8) is 0 Å². The lowest BCUT2D eigenvalue weighted by Crippen LogP contribution is -2.55. The summed E-state index contributed by atoms with van der Waals surface area (Å²) in [5, 5.41) is 4.51. The first-order valence-corrected chi connectivity index (χ1v) is 12.4. The number of amides is 1. The average Bonchev–Trinajstić information content (AvgIpc) is 3.05. The van der Waals surface area contributed by atoms with E-state index < -0.39 is 0 Å². The summed E-state index contributed by atoms with van der Waals surface area (Å²) >= 11 is 3.57. The number of benzene rings is 1. The van der Waals surface area contributed by atoms with E-state index >= 15 is 0 Å². The Bertz CT molecular complexity index is 1060. The van der Waals surface area contributed by atoms with Crippen LogP contribution in [-0.4, -0.2) is 28.2 Å². The lowest BCUT2D eigenvalue weighted by atomic mass is 9.50. The maximum absolute atomic E-state index is 12.6. The molecule has 0 atom stereocenters. The van der Waals surface area contributed by atoms with Gasteiger partial charge in [0.05, 0.1) is 20.9 Å². The molecule has 1 aromatic carbocycles. The van der Waals surface area contributed by atoms with Crippen molar-refractivity contribution in [1.29, 1.82) is 0 Å². The summed E-state index contributed by atoms with van der Waals surface area (Å²) in [6.07, 6.45) is 8.41. The molecule has 150 valence electrons. The molecule has 1 amide bonds. The van der Waals surface area contributed by atoms with E-state index in [-0.39, 0.29) is 5.91 Å². The van der Waals surface area contributed by atoms with Gasteiger partial charge in [-0.05, 0) is 74.1 Å². The zero-order valence-electron chi connectivity index (χ0n) is 16.8. The number of fused-ring (bicyclic) bond motifs is 1. The number of nitrogens with zero attached hydrogens (tertiary/aromatic N) is 2. The van der Waals surface area contributed by atoms with E-state index in [1.54, 1.807) is 18.0 Å². The Morgan fingerprint density at radius 3 is 2.86 bits per heavy atom. The summed E-state index contributed by atoms with van der Waals surface area (Å²) in [7, 11) is 0. The molecular weight excluding hydrogens is 398 g/mol. The predicted octanol–water partition coefficient (Wildman–Crippen LogP) is 5.32. The number of thiazole rings is 1. The third-order valence-corrected chi connectivity index (χ3v) is 8.12. The van der Waals surface area contributed by atoms with Crippen LogP contribution in [0.25, 0.3) is 10.2 Å². The van der Waals surface area contributed by atoms with Crippen molar-refractivity contribution >= 4 is 39.2 Å². The molecule has 2 aromatic heterocycles. The van der Waals surface area contributed by atoms with Crippen LogP contribution in [0.1, 0.15) is 58.2 Å². The number of carbonyl (C=O) groups is 1. The van der Waals surface area contributed by atoms with Gasteiger partial charge >= 0.3 is 0 Å². The van der Waals surface area contributed by atoms with Crippen molar-refractivity contribution in [1.82, 2.24) is 15.3 Å². The SMILES string of the molecule is CSCc1cc(C(=O)NC2CC3(C2)CC(c2nc4cc(C)ccc4s2)C3)ccn1. The third-order valence-electron chi connectivity index (χ3n) is 6.33. The molecule has 2 aliphatic rings. The summed E-state index contributed by atoms with van der Waals surface area (Å²) in [6, 6.07) is 10.6. The first-order chi connectivity index (χ1) is 14.0. The number of pyridine rings is 1. The van der Waals surface area contributed by atoms with Gasteiger partial charge in [0.25, 0.3) is 5.91 Å². The Labute approximate surface area is 179 Å². The maximum atomic E-state index is 12.6. The highest BCUT2D eigenvalue weighted by molar-refractivity contribution is 7.97. The van der Waals surface area contributed by atoms with Crippen molar-refractivity contribution in [2.24, 2.45) is 5.41 Å². The molecule has 2 heterocycles. The van der Waals surface area contributed by atoms with Crippen molar-refractivity contribution in [2.45, 2.75) is 50.3 Å². The van der Waals surface area contributed by atoms with Crippen molar-refractivity contribution in [3.8, 4) is 0 Å². The second-order valence-corrected chi connectivity index (χ2v) is 10.6. The van der Waals surface area contributed by atoms with E-state index in [0.29, 0.717) is 17.4 Å². The lowest BCUT2D eigenvalue weighted by Gasteiger charge is -2.57. The fraction of sp³-hybridized carbons (Fsp3) is 0.435. The summed E-state index contributed by atoms with van der Waals surface area (Å²) in [5.74, 6) is 1.46. The van der Waals surface area contributed by atoms with E-state index in [4.69, 9.17) is 4.98 Å². The Morgan fingerprint density at radius 1 is 1.24 bits per heavy atom. The molecule has 3 aromatic rings. The molecule has 0 radical (unpaired) electrons. The molecule has 2 fully saturated rings. The quantitative estimate of drug-likeness (QED) is 0.603. The monoisotopic (exact) mass is 423 g/mol. The van der Waals surface area contributed by atoms with Crippen LogP contribution in [0.2, 0.25) is 0 Å². The van der Waals surface area contributed by atoms with Gasteiger partial charge in [-0.15, -0.1) is 11.3 Å². The fourth-order valence-electron chi connectivity index (χ4n) is 4.93. The molecule has 0 aliphatic heterocycles. The number of aromatic nitrogens is 2. The van der Waals surface area contributed by atoms with Crippen LogP contribution in [0, 0.1) is 12.3 Å². The number of rotatable bonds is 5. The van der Waals surface area contributed by atoms with Gasteiger partial charge in [0.15, 0.2) is 0 Å². The summed E-state index contributed by atoms with van der Waals surface area (Å²) in [4.78, 5) is 21.8. The Hall–Kier alpha value is -1.92. The molecular formula is C23H25N3OS2. The highest BCUT2D eigenvalue weighted by Gasteiger charge is 2.54. The van der Waals surface area contributed by atoms with E-state index in [0.717, 1.165) is 35.4 Å². The normalized spacial score (nSPS) is 25.6. The molecule has 2 saturated carbocycles. The third kappa shape index (κ3) is 3.68. The van der Waals surface area contributed by atoms with Crippen molar-refractivity contribution < 1.29 is 4.79 Å². The molecule has 0 unspecified atom stereocenters. The van der Waals surface area contributed by atoms with Crippen molar-refractivity contribution in [2.75, 3.05) is 6.26 Å². The largest absolute Gasteiger partial charge is 0.349 e. The predicted molar refractivity (Wildman–Crippen MR) is 121 cm³/mol. The van der Waals surface area contributed by atoms with Gasteiger partial charge in [-0.3, -0.25) is 9.78 Å². The van der Waals surface area contributed by atoms with E-state index in [2.05, 4.69) is 35.4 Å². The Kier molecular flexibility index (Phi) is 4.87. The van der Waals surface area contributed by atoms with E-state index in [1.807, 2.05) is 29.7 Å². The van der Waals surface area contributed by atoms with Crippen LogP contribution in [0.4, 0.5) is 0 Å². The van der Waals surface area contributed by atoms with Gasteiger partial charge in [-0.25, -0.2) is 4.98 Å². The minimum atomic E-state index is 0.0343. The number of carbonyl (C=O) groups excluding carboxylic acids is 1. The van der Waals surface area contributed by atoms with Gasteiger partial charge in [0.2, 0.25) is 0 Å². The molecule has 0 saturated heterocycles. The molecule has 1 N–H and O–H groups in total. The molecule has 1 spiro atoms. The highest BCUT2D eigenvalue weighted by Crippen LogP contribution is 2.62. The molecule has 6 heteroatoms. The highest BCUT2D eigenvalue weighted by atomic mass is 32.2.